The van der Waals surface area contributed by atoms with Crippen LogP contribution in [0.15, 0.2) is 57.0 Å². The van der Waals surface area contributed by atoms with Gasteiger partial charge in [-0.15, -0.1) is 11.8 Å². The second-order valence-electron chi connectivity index (χ2n) is 6.33. The first-order chi connectivity index (χ1) is 14.2. The van der Waals surface area contributed by atoms with Gasteiger partial charge in [0, 0.05) is 19.8 Å². The van der Waals surface area contributed by atoms with E-state index in [1.807, 2.05) is 0 Å². The first-order valence-electron chi connectivity index (χ1n) is 8.59. The Kier molecular flexibility index (Phi) is 6.70. The van der Waals surface area contributed by atoms with Crippen molar-refractivity contribution in [3.63, 3.8) is 0 Å². The summed E-state index contributed by atoms with van der Waals surface area (Å²) in [5, 5.41) is 11.5. The molecule has 2 aromatic carbocycles. The number of aromatic hydroxyl groups is 1. The molecule has 0 radical (unpaired) electrons. The maximum Gasteiger partial charge on any atom is 0.333 e. The van der Waals surface area contributed by atoms with Crippen LogP contribution in [0.5, 0.6) is 5.88 Å². The van der Waals surface area contributed by atoms with E-state index in [9.17, 15) is 19.1 Å². The van der Waals surface area contributed by atoms with E-state index in [1.54, 1.807) is 18.2 Å². The van der Waals surface area contributed by atoms with Crippen molar-refractivity contribution in [2.45, 2.75) is 5.75 Å². The van der Waals surface area contributed by atoms with E-state index < -0.39 is 22.9 Å². The number of hydrogen-bond donors (Lipinski definition) is 1. The fourth-order valence-electron chi connectivity index (χ4n) is 2.59. The van der Waals surface area contributed by atoms with Crippen LogP contribution in [0.2, 0.25) is 10.0 Å². The van der Waals surface area contributed by atoms with Gasteiger partial charge in [0.05, 0.1) is 15.7 Å². The van der Waals surface area contributed by atoms with Crippen LogP contribution in [-0.4, -0.2) is 19.3 Å². The molecule has 0 saturated heterocycles. The highest BCUT2D eigenvalue weighted by Gasteiger charge is 2.21. The van der Waals surface area contributed by atoms with E-state index >= 15 is 0 Å². The highest BCUT2D eigenvalue weighted by molar-refractivity contribution is 8.13. The van der Waals surface area contributed by atoms with Crippen LogP contribution >= 0.6 is 35.0 Å². The Hall–Kier alpha value is -2.55. The number of aromatic nitrogens is 2. The number of benzene rings is 2. The van der Waals surface area contributed by atoms with Crippen molar-refractivity contribution in [3.05, 3.63) is 90.3 Å². The van der Waals surface area contributed by atoms with Crippen LogP contribution in [0.25, 0.3) is 0 Å². The molecule has 0 unspecified atom stereocenters. The Labute approximate surface area is 185 Å². The largest absolute Gasteiger partial charge is 0.494 e. The fourth-order valence-corrected chi connectivity index (χ4v) is 3.89. The van der Waals surface area contributed by atoms with E-state index in [0.717, 1.165) is 26.5 Å². The molecule has 3 rings (SSSR count). The molecule has 30 heavy (non-hydrogen) atoms. The summed E-state index contributed by atoms with van der Waals surface area (Å²) >= 11 is 13.2. The molecule has 1 N–H and O–H groups in total. The van der Waals surface area contributed by atoms with E-state index in [0.29, 0.717) is 21.5 Å². The molecule has 1 heterocycles. The SMILES string of the molecule is Cn1c(O)c(C(=Nc2ccc(F)cc2)SCc2ccc(Cl)c(Cl)c2)c(=O)n(C)c1=O. The lowest BCUT2D eigenvalue weighted by atomic mass is 10.2. The Morgan fingerprint density at radius 1 is 1.07 bits per heavy atom. The maximum atomic E-state index is 13.3. The minimum Gasteiger partial charge on any atom is -0.494 e. The monoisotopic (exact) mass is 467 g/mol. The second kappa shape index (κ2) is 9.07. The molecule has 0 atom stereocenters. The first kappa shape index (κ1) is 22.1. The highest BCUT2D eigenvalue weighted by atomic mass is 35.5. The van der Waals surface area contributed by atoms with E-state index in [1.165, 1.54) is 38.4 Å². The summed E-state index contributed by atoms with van der Waals surface area (Å²) in [7, 11) is 2.66. The third-order valence-corrected chi connectivity index (χ3v) is 6.05. The van der Waals surface area contributed by atoms with Gasteiger partial charge in [0.1, 0.15) is 16.4 Å². The van der Waals surface area contributed by atoms with Gasteiger partial charge in [0.2, 0.25) is 5.88 Å². The molecule has 0 aliphatic rings. The van der Waals surface area contributed by atoms with Gasteiger partial charge in [0.25, 0.3) is 5.56 Å². The predicted octanol–water partition coefficient (Wildman–Crippen LogP) is 4.25. The van der Waals surface area contributed by atoms with Crippen LogP contribution in [0.4, 0.5) is 10.1 Å². The Morgan fingerprint density at radius 2 is 1.73 bits per heavy atom. The molecular weight excluding hydrogens is 452 g/mol. The summed E-state index contributed by atoms with van der Waals surface area (Å²) in [6.45, 7) is 0. The third-order valence-electron chi connectivity index (χ3n) is 4.26. The summed E-state index contributed by atoms with van der Waals surface area (Å²) in [5.74, 6) is -0.590. The average molecular weight is 468 g/mol. The molecule has 0 saturated carbocycles. The number of thioether (sulfide) groups is 1. The first-order valence-corrected chi connectivity index (χ1v) is 10.3. The van der Waals surface area contributed by atoms with Crippen molar-refractivity contribution >= 4 is 45.7 Å². The second-order valence-corrected chi connectivity index (χ2v) is 8.11. The van der Waals surface area contributed by atoms with E-state index in [2.05, 4.69) is 4.99 Å². The van der Waals surface area contributed by atoms with Crippen molar-refractivity contribution in [1.29, 1.82) is 0 Å². The zero-order valence-electron chi connectivity index (χ0n) is 15.9. The van der Waals surface area contributed by atoms with Crippen LogP contribution in [0.1, 0.15) is 11.1 Å². The summed E-state index contributed by atoms with van der Waals surface area (Å²) in [5.41, 5.74) is -0.311. The molecule has 1 aromatic heterocycles. The maximum absolute atomic E-state index is 13.3. The summed E-state index contributed by atoms with van der Waals surface area (Å²) < 4.78 is 15.1. The summed E-state index contributed by atoms with van der Waals surface area (Å²) in [6, 6.07) is 10.5. The average Bonchev–Trinajstić information content (AvgIpc) is 2.73. The van der Waals surface area contributed by atoms with Gasteiger partial charge in [-0.05, 0) is 42.0 Å². The Morgan fingerprint density at radius 3 is 2.37 bits per heavy atom. The summed E-state index contributed by atoms with van der Waals surface area (Å²) in [6.07, 6.45) is 0. The molecule has 6 nitrogen and oxygen atoms in total. The van der Waals surface area contributed by atoms with Crippen molar-refractivity contribution < 1.29 is 9.50 Å². The molecule has 10 heteroatoms. The molecule has 0 aliphatic heterocycles. The number of hydrogen-bond acceptors (Lipinski definition) is 5. The van der Waals surface area contributed by atoms with Gasteiger partial charge in [-0.3, -0.25) is 13.9 Å². The van der Waals surface area contributed by atoms with Crippen LogP contribution in [0.3, 0.4) is 0 Å². The number of aliphatic imine (C=N–C) groups is 1. The molecular formula is C20H16Cl2FN3O3S. The smallest absolute Gasteiger partial charge is 0.333 e. The Bertz CT molecular complexity index is 1250. The fraction of sp³-hybridized carbons (Fsp3) is 0.150. The van der Waals surface area contributed by atoms with Gasteiger partial charge in [-0.1, -0.05) is 29.3 Å². The van der Waals surface area contributed by atoms with Crippen LogP contribution in [-0.2, 0) is 19.8 Å². The standard InChI is InChI=1S/C20H16Cl2FN3O3S/c1-25-18(27)16(19(28)26(2)20(25)29)17(24-13-6-4-12(23)5-7-13)30-10-11-3-8-14(21)15(22)9-11/h3-9,27H,10H2,1-2H3. The van der Waals surface area contributed by atoms with Crippen molar-refractivity contribution in [2.75, 3.05) is 0 Å². The normalized spacial score (nSPS) is 11.7. The van der Waals surface area contributed by atoms with Gasteiger partial charge in [-0.25, -0.2) is 14.2 Å². The van der Waals surface area contributed by atoms with E-state index in [4.69, 9.17) is 23.2 Å². The van der Waals surface area contributed by atoms with E-state index in [-0.39, 0.29) is 10.6 Å². The van der Waals surface area contributed by atoms with Gasteiger partial charge < -0.3 is 5.11 Å². The minimum absolute atomic E-state index is 0.131. The third kappa shape index (κ3) is 4.61. The predicted molar refractivity (Wildman–Crippen MR) is 119 cm³/mol. The van der Waals surface area contributed by atoms with Crippen molar-refractivity contribution in [2.24, 2.45) is 19.1 Å². The molecule has 0 bridgehead atoms. The minimum atomic E-state index is -0.696. The molecule has 0 amide bonds. The van der Waals surface area contributed by atoms with Gasteiger partial charge in [-0.2, -0.15) is 0 Å². The van der Waals surface area contributed by atoms with Crippen LogP contribution < -0.4 is 11.2 Å². The lowest BCUT2D eigenvalue weighted by Gasteiger charge is -2.12. The van der Waals surface area contributed by atoms with Gasteiger partial charge >= 0.3 is 5.69 Å². The Balaban J connectivity index is 2.11. The molecule has 0 aliphatic carbocycles. The lowest BCUT2D eigenvalue weighted by Crippen LogP contribution is -2.39. The van der Waals surface area contributed by atoms with Crippen molar-refractivity contribution in [1.82, 2.24) is 9.13 Å². The van der Waals surface area contributed by atoms with Crippen molar-refractivity contribution in [3.8, 4) is 5.88 Å². The quantitative estimate of drug-likeness (QED) is 0.459. The number of rotatable bonds is 4. The molecule has 0 fully saturated rings. The van der Waals surface area contributed by atoms with Crippen LogP contribution in [0, 0.1) is 5.82 Å². The topological polar surface area (TPSA) is 76.6 Å². The highest BCUT2D eigenvalue weighted by Crippen LogP contribution is 2.28. The zero-order chi connectivity index (χ0) is 22.0. The molecule has 156 valence electrons. The zero-order valence-corrected chi connectivity index (χ0v) is 18.2. The number of nitrogens with zero attached hydrogens (tertiary/aromatic N) is 3. The summed E-state index contributed by atoms with van der Waals surface area (Å²) in [4.78, 5) is 29.3. The number of halogens is 3. The molecule has 0 spiro atoms. The molecule has 3 aromatic rings. The van der Waals surface area contributed by atoms with Gasteiger partial charge in [0.15, 0.2) is 0 Å². The lowest BCUT2D eigenvalue weighted by molar-refractivity contribution is 0.410.